The van der Waals surface area contributed by atoms with Crippen LogP contribution in [-0.4, -0.2) is 58.9 Å². The summed E-state index contributed by atoms with van der Waals surface area (Å²) in [6, 6.07) is 3.14. The van der Waals surface area contributed by atoms with Crippen molar-refractivity contribution in [3.63, 3.8) is 0 Å². The SMILES string of the molecule is Cc1nc(NC2CN(C(=O)Cc3ccc(F)c(F)c3)C2)nc2c1NC(=O)[C@H](C(C)C)N2C. The van der Waals surface area contributed by atoms with Gasteiger partial charge in [0.2, 0.25) is 17.8 Å². The number of fused-ring (bicyclic) bond motifs is 1. The van der Waals surface area contributed by atoms with Crippen molar-refractivity contribution in [1.29, 1.82) is 0 Å². The summed E-state index contributed by atoms with van der Waals surface area (Å²) in [6.07, 6.45) is 0.0133. The van der Waals surface area contributed by atoms with Crippen LogP contribution in [0.5, 0.6) is 0 Å². The monoisotopic (exact) mass is 444 g/mol. The van der Waals surface area contributed by atoms with E-state index in [0.29, 0.717) is 41.8 Å². The van der Waals surface area contributed by atoms with E-state index in [9.17, 15) is 18.4 Å². The second kappa shape index (κ2) is 8.33. The van der Waals surface area contributed by atoms with E-state index in [1.54, 1.807) is 4.90 Å². The number of carbonyl (C=O) groups excluding carboxylic acids is 2. The second-order valence-corrected chi connectivity index (χ2v) is 8.69. The molecule has 1 atom stereocenters. The van der Waals surface area contributed by atoms with Crippen LogP contribution in [0.15, 0.2) is 18.2 Å². The van der Waals surface area contributed by atoms with Gasteiger partial charge in [0.1, 0.15) is 11.7 Å². The lowest BCUT2D eigenvalue weighted by Crippen LogP contribution is -2.57. The molecule has 0 radical (unpaired) electrons. The highest BCUT2D eigenvalue weighted by Gasteiger charge is 2.36. The summed E-state index contributed by atoms with van der Waals surface area (Å²) in [7, 11) is 1.85. The van der Waals surface area contributed by atoms with Gasteiger partial charge in [-0.3, -0.25) is 9.59 Å². The first kappa shape index (κ1) is 21.9. The molecule has 8 nitrogen and oxygen atoms in total. The molecule has 0 aliphatic carbocycles. The molecular weight excluding hydrogens is 418 g/mol. The van der Waals surface area contributed by atoms with Crippen LogP contribution in [0, 0.1) is 24.5 Å². The maximum absolute atomic E-state index is 13.4. The summed E-state index contributed by atoms with van der Waals surface area (Å²) >= 11 is 0. The molecule has 4 rings (SSSR count). The first-order valence-corrected chi connectivity index (χ1v) is 10.5. The number of benzene rings is 1. The summed E-state index contributed by atoms with van der Waals surface area (Å²) in [5, 5.41) is 6.16. The average molecular weight is 444 g/mol. The Kier molecular flexibility index (Phi) is 5.70. The van der Waals surface area contributed by atoms with E-state index in [1.807, 2.05) is 32.7 Å². The molecule has 2 aromatic rings. The summed E-state index contributed by atoms with van der Waals surface area (Å²) in [4.78, 5) is 37.4. The molecule has 2 amide bonds. The Hall–Kier alpha value is -3.30. The quantitative estimate of drug-likeness (QED) is 0.736. The van der Waals surface area contributed by atoms with Gasteiger partial charge in [0.05, 0.1) is 18.2 Å². The Balaban J connectivity index is 1.39. The Morgan fingerprint density at radius 1 is 1.25 bits per heavy atom. The van der Waals surface area contributed by atoms with Crippen molar-refractivity contribution in [3.8, 4) is 0 Å². The van der Waals surface area contributed by atoms with E-state index < -0.39 is 11.6 Å². The van der Waals surface area contributed by atoms with Gasteiger partial charge < -0.3 is 20.4 Å². The Morgan fingerprint density at radius 3 is 2.62 bits per heavy atom. The van der Waals surface area contributed by atoms with Crippen molar-refractivity contribution in [2.75, 3.05) is 35.7 Å². The normalized spacial score (nSPS) is 18.3. The zero-order chi connectivity index (χ0) is 23.2. The zero-order valence-electron chi connectivity index (χ0n) is 18.4. The molecule has 170 valence electrons. The van der Waals surface area contributed by atoms with Crippen LogP contribution in [0.1, 0.15) is 25.1 Å². The van der Waals surface area contributed by atoms with Crippen molar-refractivity contribution >= 4 is 29.3 Å². The first-order chi connectivity index (χ1) is 15.1. The Labute approximate surface area is 185 Å². The third-order valence-corrected chi connectivity index (χ3v) is 5.88. The Bertz CT molecular complexity index is 1070. The maximum atomic E-state index is 13.4. The molecule has 1 aromatic carbocycles. The molecule has 1 fully saturated rings. The minimum atomic E-state index is -0.959. The van der Waals surface area contributed by atoms with Gasteiger partial charge in [0, 0.05) is 20.1 Å². The fourth-order valence-corrected chi connectivity index (χ4v) is 4.17. The average Bonchev–Trinajstić information content (AvgIpc) is 2.68. The molecule has 3 heterocycles. The number of likely N-dealkylation sites (N-methyl/N-ethyl adjacent to an activating group) is 1. The largest absolute Gasteiger partial charge is 0.348 e. The van der Waals surface area contributed by atoms with E-state index in [4.69, 9.17) is 0 Å². The predicted molar refractivity (Wildman–Crippen MR) is 116 cm³/mol. The van der Waals surface area contributed by atoms with Gasteiger partial charge in [-0.2, -0.15) is 4.98 Å². The lowest BCUT2D eigenvalue weighted by atomic mass is 9.99. The van der Waals surface area contributed by atoms with Crippen molar-refractivity contribution in [3.05, 3.63) is 41.1 Å². The van der Waals surface area contributed by atoms with Gasteiger partial charge in [-0.1, -0.05) is 19.9 Å². The maximum Gasteiger partial charge on any atom is 0.247 e. The Morgan fingerprint density at radius 2 is 1.97 bits per heavy atom. The summed E-state index contributed by atoms with van der Waals surface area (Å²) < 4.78 is 26.4. The third kappa shape index (κ3) is 4.09. The zero-order valence-corrected chi connectivity index (χ0v) is 18.4. The van der Waals surface area contributed by atoms with Gasteiger partial charge in [-0.15, -0.1) is 0 Å². The van der Waals surface area contributed by atoms with Gasteiger partial charge >= 0.3 is 0 Å². The van der Waals surface area contributed by atoms with E-state index >= 15 is 0 Å². The second-order valence-electron chi connectivity index (χ2n) is 8.69. The molecule has 0 spiro atoms. The third-order valence-electron chi connectivity index (χ3n) is 5.88. The molecule has 10 heteroatoms. The molecule has 1 aromatic heterocycles. The van der Waals surface area contributed by atoms with E-state index in [-0.39, 0.29) is 36.2 Å². The molecule has 0 bridgehead atoms. The van der Waals surface area contributed by atoms with E-state index in [0.717, 1.165) is 12.1 Å². The smallest absolute Gasteiger partial charge is 0.247 e. The molecule has 2 aliphatic heterocycles. The first-order valence-electron chi connectivity index (χ1n) is 10.5. The predicted octanol–water partition coefficient (Wildman–Crippen LogP) is 2.34. The summed E-state index contributed by atoms with van der Waals surface area (Å²) in [5.74, 6) is -0.914. The lowest BCUT2D eigenvalue weighted by Gasteiger charge is -2.40. The highest BCUT2D eigenvalue weighted by molar-refractivity contribution is 6.03. The lowest BCUT2D eigenvalue weighted by molar-refractivity contribution is -0.134. The number of carbonyl (C=O) groups is 2. The number of anilines is 3. The van der Waals surface area contributed by atoms with Crippen molar-refractivity contribution in [1.82, 2.24) is 14.9 Å². The van der Waals surface area contributed by atoms with E-state index in [2.05, 4.69) is 20.6 Å². The van der Waals surface area contributed by atoms with Crippen LogP contribution in [0.3, 0.4) is 0 Å². The number of aryl methyl sites for hydroxylation is 1. The number of aromatic nitrogens is 2. The molecule has 0 unspecified atom stereocenters. The van der Waals surface area contributed by atoms with Crippen LogP contribution in [0.4, 0.5) is 26.2 Å². The van der Waals surface area contributed by atoms with Crippen molar-refractivity contribution < 1.29 is 18.4 Å². The van der Waals surface area contributed by atoms with Crippen molar-refractivity contribution in [2.24, 2.45) is 5.92 Å². The topological polar surface area (TPSA) is 90.5 Å². The highest BCUT2D eigenvalue weighted by Crippen LogP contribution is 2.34. The van der Waals surface area contributed by atoms with Gasteiger partial charge in [0.15, 0.2) is 17.5 Å². The molecule has 1 saturated heterocycles. The number of amides is 2. The van der Waals surface area contributed by atoms with Crippen molar-refractivity contribution in [2.45, 2.75) is 39.3 Å². The van der Waals surface area contributed by atoms with Crippen LogP contribution in [0.25, 0.3) is 0 Å². The van der Waals surface area contributed by atoms with Crippen LogP contribution in [0.2, 0.25) is 0 Å². The number of halogens is 2. The molecular formula is C22H26F2N6O2. The number of nitrogens with one attached hydrogen (secondary N) is 2. The van der Waals surface area contributed by atoms with E-state index in [1.165, 1.54) is 6.07 Å². The molecule has 2 aliphatic rings. The number of hydrogen-bond donors (Lipinski definition) is 2. The molecule has 32 heavy (non-hydrogen) atoms. The number of likely N-dealkylation sites (tertiary alicyclic amines) is 1. The molecule has 0 saturated carbocycles. The number of rotatable bonds is 5. The standard InChI is InChI=1S/C22H26F2N6O2/c1-11(2)19-21(32)27-18-12(3)25-22(28-20(18)29(19)4)26-14-9-30(10-14)17(31)8-13-5-6-15(23)16(24)7-13/h5-7,11,14,19H,8-10H2,1-4H3,(H,27,32)(H,25,26,28)/t19-/m0/s1. The molecule has 2 N–H and O–H groups in total. The highest BCUT2D eigenvalue weighted by atomic mass is 19.2. The van der Waals surface area contributed by atoms with Gasteiger partial charge in [0.25, 0.3) is 0 Å². The minimum Gasteiger partial charge on any atom is -0.348 e. The summed E-state index contributed by atoms with van der Waals surface area (Å²) in [5.41, 5.74) is 1.70. The summed E-state index contributed by atoms with van der Waals surface area (Å²) in [6.45, 7) is 6.71. The van der Waals surface area contributed by atoms with Crippen LogP contribution < -0.4 is 15.5 Å². The van der Waals surface area contributed by atoms with Gasteiger partial charge in [-0.05, 0) is 30.5 Å². The minimum absolute atomic E-state index is 0.0133. The number of hydrogen-bond acceptors (Lipinski definition) is 6. The van der Waals surface area contributed by atoms with Crippen LogP contribution in [-0.2, 0) is 16.0 Å². The van der Waals surface area contributed by atoms with Crippen LogP contribution >= 0.6 is 0 Å². The fourth-order valence-electron chi connectivity index (χ4n) is 4.17. The van der Waals surface area contributed by atoms with Gasteiger partial charge in [-0.25, -0.2) is 13.8 Å². The number of nitrogens with zero attached hydrogens (tertiary/aromatic N) is 4. The fraction of sp³-hybridized carbons (Fsp3) is 0.455.